The monoisotopic (exact) mass is 383 g/mol. The van der Waals surface area contributed by atoms with Crippen LogP contribution in [-0.2, 0) is 15.3 Å². The molecule has 4 nitrogen and oxygen atoms in total. The van der Waals surface area contributed by atoms with Gasteiger partial charge in [0.1, 0.15) is 5.82 Å². The summed E-state index contributed by atoms with van der Waals surface area (Å²) in [5.74, 6) is -4.26. The van der Waals surface area contributed by atoms with E-state index < -0.39 is 26.4 Å². The first-order chi connectivity index (χ1) is 12.2. The molecule has 2 aromatic carbocycles. The SMILES string of the molecule is O=C(NCC1(c2ccc(F)cc2)CC1)c1ccc(S(=O)(=O)C(F)F)cc1. The topological polar surface area (TPSA) is 63.2 Å². The summed E-state index contributed by atoms with van der Waals surface area (Å²) >= 11 is 0. The van der Waals surface area contributed by atoms with Crippen LogP contribution in [0.5, 0.6) is 0 Å². The Morgan fingerprint density at radius 1 is 1.04 bits per heavy atom. The first-order valence-electron chi connectivity index (χ1n) is 7.91. The standard InChI is InChI=1S/C18H16F3NO3S/c19-14-5-3-13(4-6-14)18(9-10-18)11-22-16(23)12-1-7-15(8-2-12)26(24,25)17(20)21/h1-8,17H,9-11H2,(H,22,23). The lowest BCUT2D eigenvalue weighted by atomic mass is 9.96. The number of hydrogen-bond donors (Lipinski definition) is 1. The molecular weight excluding hydrogens is 367 g/mol. The molecule has 1 aliphatic rings. The average Bonchev–Trinajstić information content (AvgIpc) is 3.41. The van der Waals surface area contributed by atoms with Gasteiger partial charge in [-0.2, -0.15) is 8.78 Å². The molecule has 3 rings (SSSR count). The second-order valence-corrected chi connectivity index (χ2v) is 8.22. The van der Waals surface area contributed by atoms with Crippen molar-refractivity contribution in [2.24, 2.45) is 0 Å². The number of alkyl halides is 2. The van der Waals surface area contributed by atoms with Crippen LogP contribution in [0.2, 0.25) is 0 Å². The summed E-state index contributed by atoms with van der Waals surface area (Å²) in [4.78, 5) is 11.7. The summed E-state index contributed by atoms with van der Waals surface area (Å²) in [7, 11) is -4.68. The van der Waals surface area contributed by atoms with Crippen LogP contribution in [0.15, 0.2) is 53.4 Å². The van der Waals surface area contributed by atoms with Gasteiger partial charge in [-0.15, -0.1) is 0 Å². The number of benzene rings is 2. The van der Waals surface area contributed by atoms with Crippen molar-refractivity contribution in [1.82, 2.24) is 5.32 Å². The van der Waals surface area contributed by atoms with Crippen molar-refractivity contribution < 1.29 is 26.4 Å². The Morgan fingerprint density at radius 3 is 2.12 bits per heavy atom. The number of carbonyl (C=O) groups excluding carboxylic acids is 1. The van der Waals surface area contributed by atoms with E-state index >= 15 is 0 Å². The molecule has 26 heavy (non-hydrogen) atoms. The van der Waals surface area contributed by atoms with E-state index in [1.165, 1.54) is 24.3 Å². The number of carbonyl (C=O) groups is 1. The normalized spacial score (nSPS) is 15.7. The predicted octanol–water partition coefficient (Wildman–Crippen LogP) is 3.28. The van der Waals surface area contributed by atoms with Crippen LogP contribution in [0.25, 0.3) is 0 Å². The third-order valence-electron chi connectivity index (χ3n) is 4.58. The van der Waals surface area contributed by atoms with Crippen molar-refractivity contribution in [2.75, 3.05) is 6.54 Å². The fraction of sp³-hybridized carbons (Fsp3) is 0.278. The Morgan fingerprint density at radius 2 is 1.62 bits per heavy atom. The summed E-state index contributed by atoms with van der Waals surface area (Å²) in [6, 6.07) is 10.5. The highest BCUT2D eigenvalue weighted by Gasteiger charge is 2.44. The lowest BCUT2D eigenvalue weighted by Gasteiger charge is -2.16. The second kappa shape index (κ2) is 6.75. The molecule has 0 spiro atoms. The first kappa shape index (κ1) is 18.4. The molecule has 0 heterocycles. The van der Waals surface area contributed by atoms with Crippen LogP contribution in [0.3, 0.4) is 0 Å². The van der Waals surface area contributed by atoms with Gasteiger partial charge in [-0.25, -0.2) is 12.8 Å². The van der Waals surface area contributed by atoms with Crippen LogP contribution in [0.4, 0.5) is 13.2 Å². The Balaban J connectivity index is 1.66. The molecule has 138 valence electrons. The average molecular weight is 383 g/mol. The molecule has 0 radical (unpaired) electrons. The minimum absolute atomic E-state index is 0.174. The minimum atomic E-state index is -4.68. The Hall–Kier alpha value is -2.35. The van der Waals surface area contributed by atoms with Crippen molar-refractivity contribution in [3.63, 3.8) is 0 Å². The highest BCUT2D eigenvalue weighted by atomic mass is 32.2. The van der Waals surface area contributed by atoms with Crippen molar-refractivity contribution in [2.45, 2.75) is 28.9 Å². The molecule has 8 heteroatoms. The van der Waals surface area contributed by atoms with Crippen LogP contribution < -0.4 is 5.32 Å². The molecule has 0 unspecified atom stereocenters. The van der Waals surface area contributed by atoms with Gasteiger partial charge in [-0.3, -0.25) is 4.79 Å². The highest BCUT2D eigenvalue weighted by Crippen LogP contribution is 2.47. The van der Waals surface area contributed by atoms with Gasteiger partial charge in [-0.05, 0) is 54.8 Å². The summed E-state index contributed by atoms with van der Waals surface area (Å²) < 4.78 is 60.8. The fourth-order valence-electron chi connectivity index (χ4n) is 2.77. The van der Waals surface area contributed by atoms with Gasteiger partial charge in [0.15, 0.2) is 0 Å². The first-order valence-corrected chi connectivity index (χ1v) is 9.46. The number of hydrogen-bond acceptors (Lipinski definition) is 3. The van der Waals surface area contributed by atoms with Crippen LogP contribution in [0, 0.1) is 5.82 Å². The summed E-state index contributed by atoms with van der Waals surface area (Å²) in [6.07, 6.45) is 1.73. The highest BCUT2D eigenvalue weighted by molar-refractivity contribution is 7.91. The van der Waals surface area contributed by atoms with E-state index in [9.17, 15) is 26.4 Å². The Labute approximate surface area is 149 Å². The summed E-state index contributed by atoms with van der Waals surface area (Å²) in [6.45, 7) is 0.356. The molecule has 0 aliphatic heterocycles. The van der Waals surface area contributed by atoms with Crippen molar-refractivity contribution in [3.8, 4) is 0 Å². The quantitative estimate of drug-likeness (QED) is 0.833. The molecule has 1 N–H and O–H groups in total. The summed E-state index contributed by atoms with van der Waals surface area (Å²) in [5.41, 5.74) is 0.896. The largest absolute Gasteiger partial charge is 0.351 e. The molecule has 0 aromatic heterocycles. The van der Waals surface area contributed by atoms with Gasteiger partial charge < -0.3 is 5.32 Å². The molecule has 1 saturated carbocycles. The van der Waals surface area contributed by atoms with E-state index in [0.29, 0.717) is 6.54 Å². The van der Waals surface area contributed by atoms with Gasteiger partial charge in [0.05, 0.1) is 4.90 Å². The zero-order chi connectivity index (χ0) is 18.9. The number of halogens is 3. The molecule has 0 bridgehead atoms. The third-order valence-corrected chi connectivity index (χ3v) is 5.98. The predicted molar refractivity (Wildman–Crippen MR) is 89.3 cm³/mol. The van der Waals surface area contributed by atoms with E-state index in [2.05, 4.69) is 5.32 Å². The molecular formula is C18H16F3NO3S. The molecule has 0 saturated heterocycles. The van der Waals surface area contributed by atoms with E-state index in [-0.39, 0.29) is 16.8 Å². The lowest BCUT2D eigenvalue weighted by molar-refractivity contribution is 0.0949. The fourth-order valence-corrected chi connectivity index (χ4v) is 3.49. The summed E-state index contributed by atoms with van der Waals surface area (Å²) in [5, 5.41) is 2.77. The van der Waals surface area contributed by atoms with Gasteiger partial charge in [0.25, 0.3) is 5.91 Å². The number of sulfone groups is 1. The van der Waals surface area contributed by atoms with Crippen molar-refractivity contribution >= 4 is 15.7 Å². The van der Waals surface area contributed by atoms with E-state index in [1.807, 2.05) is 0 Å². The van der Waals surface area contributed by atoms with E-state index in [0.717, 1.165) is 30.5 Å². The molecule has 1 fully saturated rings. The number of nitrogens with one attached hydrogen (secondary N) is 1. The molecule has 0 atom stereocenters. The Bertz CT molecular complexity index is 906. The third kappa shape index (κ3) is 3.60. The van der Waals surface area contributed by atoms with Crippen molar-refractivity contribution in [3.05, 3.63) is 65.5 Å². The van der Waals surface area contributed by atoms with Gasteiger partial charge in [0.2, 0.25) is 9.84 Å². The maximum absolute atomic E-state index is 13.0. The molecule has 1 aliphatic carbocycles. The molecule has 1 amide bonds. The van der Waals surface area contributed by atoms with E-state index in [4.69, 9.17) is 0 Å². The number of amides is 1. The minimum Gasteiger partial charge on any atom is -0.351 e. The van der Waals surface area contributed by atoms with Crippen LogP contribution in [-0.4, -0.2) is 26.6 Å². The van der Waals surface area contributed by atoms with Gasteiger partial charge in [0, 0.05) is 17.5 Å². The second-order valence-electron chi connectivity index (χ2n) is 6.30. The maximum Gasteiger partial charge on any atom is 0.341 e. The van der Waals surface area contributed by atoms with Crippen molar-refractivity contribution in [1.29, 1.82) is 0 Å². The number of rotatable bonds is 6. The zero-order valence-corrected chi connectivity index (χ0v) is 14.4. The van der Waals surface area contributed by atoms with Gasteiger partial charge >= 0.3 is 5.76 Å². The maximum atomic E-state index is 13.0. The van der Waals surface area contributed by atoms with Crippen LogP contribution in [0.1, 0.15) is 28.8 Å². The Kier molecular flexibility index (Phi) is 4.79. The lowest BCUT2D eigenvalue weighted by Crippen LogP contribution is -2.32. The van der Waals surface area contributed by atoms with E-state index in [1.54, 1.807) is 12.1 Å². The van der Waals surface area contributed by atoms with Crippen LogP contribution >= 0.6 is 0 Å². The smallest absolute Gasteiger partial charge is 0.341 e. The molecule has 2 aromatic rings. The van der Waals surface area contributed by atoms with Gasteiger partial charge in [-0.1, -0.05) is 12.1 Å². The zero-order valence-electron chi connectivity index (χ0n) is 13.6.